The molecule has 1 aliphatic rings. The SMILES string of the molecule is CCCCCCCC[N+](C)(CCCCCCCC)CC1CO1. The fourth-order valence-corrected chi connectivity index (χ4v) is 3.51. The predicted molar refractivity (Wildman–Crippen MR) is 97.3 cm³/mol. The quantitative estimate of drug-likeness (QED) is 0.207. The van der Waals surface area contributed by atoms with E-state index in [-0.39, 0.29) is 0 Å². The lowest BCUT2D eigenvalue weighted by molar-refractivity contribution is -0.910. The fraction of sp³-hybridized carbons (Fsp3) is 1.00. The number of ether oxygens (including phenoxy) is 1. The minimum absolute atomic E-state index is 0.574. The van der Waals surface area contributed by atoms with Crippen molar-refractivity contribution in [1.82, 2.24) is 0 Å². The van der Waals surface area contributed by atoms with Crippen molar-refractivity contribution in [2.45, 2.75) is 97.0 Å². The maximum atomic E-state index is 5.51. The van der Waals surface area contributed by atoms with E-state index in [4.69, 9.17) is 4.74 Å². The van der Waals surface area contributed by atoms with Crippen LogP contribution in [0.4, 0.5) is 0 Å². The highest BCUT2D eigenvalue weighted by atomic mass is 16.6. The van der Waals surface area contributed by atoms with E-state index in [9.17, 15) is 0 Å². The molecule has 1 heterocycles. The molecule has 0 bridgehead atoms. The molecule has 0 radical (unpaired) electrons. The molecule has 0 N–H and O–H groups in total. The summed E-state index contributed by atoms with van der Waals surface area (Å²) in [5.41, 5.74) is 0. The van der Waals surface area contributed by atoms with Crippen molar-refractivity contribution in [3.8, 4) is 0 Å². The van der Waals surface area contributed by atoms with Crippen molar-refractivity contribution in [3.63, 3.8) is 0 Å². The van der Waals surface area contributed by atoms with Gasteiger partial charge in [-0.05, 0) is 25.7 Å². The molecule has 0 saturated carbocycles. The molecular weight excluding hydrogens is 270 g/mol. The first-order chi connectivity index (χ1) is 10.7. The number of nitrogens with zero attached hydrogens (tertiary/aromatic N) is 1. The van der Waals surface area contributed by atoms with Gasteiger partial charge in [0.05, 0.1) is 26.7 Å². The summed E-state index contributed by atoms with van der Waals surface area (Å²) in [4.78, 5) is 0. The summed E-state index contributed by atoms with van der Waals surface area (Å²) < 4.78 is 6.76. The van der Waals surface area contributed by atoms with Crippen molar-refractivity contribution in [3.05, 3.63) is 0 Å². The first-order valence-corrected chi connectivity index (χ1v) is 10.2. The van der Waals surface area contributed by atoms with Crippen LogP contribution in [0.2, 0.25) is 0 Å². The zero-order chi connectivity index (χ0) is 16.1. The molecule has 1 saturated heterocycles. The smallest absolute Gasteiger partial charge is 0.130 e. The van der Waals surface area contributed by atoms with Gasteiger partial charge < -0.3 is 9.22 Å². The third-order valence-electron chi connectivity index (χ3n) is 5.15. The van der Waals surface area contributed by atoms with Crippen LogP contribution < -0.4 is 0 Å². The topological polar surface area (TPSA) is 12.5 Å². The molecule has 0 aromatic heterocycles. The van der Waals surface area contributed by atoms with Crippen LogP contribution in [-0.2, 0) is 4.74 Å². The number of hydrogen-bond acceptors (Lipinski definition) is 1. The van der Waals surface area contributed by atoms with Crippen LogP contribution in [0, 0.1) is 0 Å². The van der Waals surface area contributed by atoms with Crippen LogP contribution in [0.25, 0.3) is 0 Å². The minimum Gasteiger partial charge on any atom is -0.367 e. The van der Waals surface area contributed by atoms with E-state index in [2.05, 4.69) is 20.9 Å². The van der Waals surface area contributed by atoms with Gasteiger partial charge in [-0.1, -0.05) is 65.2 Å². The molecule has 1 aliphatic heterocycles. The monoisotopic (exact) mass is 312 g/mol. The molecule has 22 heavy (non-hydrogen) atoms. The van der Waals surface area contributed by atoms with E-state index >= 15 is 0 Å². The average molecular weight is 313 g/mol. The highest BCUT2D eigenvalue weighted by Crippen LogP contribution is 2.19. The van der Waals surface area contributed by atoms with Gasteiger partial charge in [0.2, 0.25) is 0 Å². The molecule has 0 amide bonds. The Morgan fingerprint density at radius 2 is 1.14 bits per heavy atom. The number of hydrogen-bond donors (Lipinski definition) is 0. The maximum Gasteiger partial charge on any atom is 0.130 e. The van der Waals surface area contributed by atoms with Crippen LogP contribution in [0.1, 0.15) is 90.9 Å². The van der Waals surface area contributed by atoms with Crippen LogP contribution in [0.15, 0.2) is 0 Å². The highest BCUT2D eigenvalue weighted by Gasteiger charge is 2.33. The summed E-state index contributed by atoms with van der Waals surface area (Å²) in [5, 5.41) is 0. The molecule has 2 nitrogen and oxygen atoms in total. The molecule has 2 heteroatoms. The second-order valence-corrected chi connectivity index (χ2v) is 7.74. The van der Waals surface area contributed by atoms with Gasteiger partial charge in [-0.2, -0.15) is 0 Å². The minimum atomic E-state index is 0.574. The largest absolute Gasteiger partial charge is 0.367 e. The Labute approximate surface area is 140 Å². The molecule has 1 rings (SSSR count). The molecule has 1 fully saturated rings. The van der Waals surface area contributed by atoms with Crippen LogP contribution >= 0.6 is 0 Å². The zero-order valence-electron chi connectivity index (χ0n) is 15.7. The third-order valence-corrected chi connectivity index (χ3v) is 5.15. The van der Waals surface area contributed by atoms with Gasteiger partial charge in [-0.25, -0.2) is 0 Å². The van der Waals surface area contributed by atoms with Gasteiger partial charge >= 0.3 is 0 Å². The van der Waals surface area contributed by atoms with Crippen LogP contribution in [-0.4, -0.2) is 43.9 Å². The Kier molecular flexibility index (Phi) is 11.2. The van der Waals surface area contributed by atoms with Gasteiger partial charge in [-0.3, -0.25) is 0 Å². The Bertz CT molecular complexity index is 234. The molecule has 1 unspecified atom stereocenters. The standard InChI is InChI=1S/C20H42NO/c1-4-6-8-10-12-14-16-21(3,18-20-19-22-20)17-15-13-11-9-7-5-2/h20H,4-19H2,1-3H3/q+1. The summed E-state index contributed by atoms with van der Waals surface area (Å²) in [7, 11) is 2.47. The molecule has 0 spiro atoms. The van der Waals surface area contributed by atoms with Crippen molar-refractivity contribution in [2.75, 3.05) is 33.3 Å². The highest BCUT2D eigenvalue weighted by molar-refractivity contribution is 4.68. The normalized spacial score (nSPS) is 17.9. The van der Waals surface area contributed by atoms with Gasteiger partial charge in [0.25, 0.3) is 0 Å². The molecule has 0 aromatic rings. The number of unbranched alkanes of at least 4 members (excludes halogenated alkanes) is 10. The van der Waals surface area contributed by atoms with Crippen molar-refractivity contribution >= 4 is 0 Å². The number of epoxide rings is 1. The van der Waals surface area contributed by atoms with Crippen LogP contribution in [0.3, 0.4) is 0 Å². The predicted octanol–water partition coefficient (Wildman–Crippen LogP) is 5.55. The average Bonchev–Trinajstić information content (AvgIpc) is 3.30. The van der Waals surface area contributed by atoms with Crippen molar-refractivity contribution in [1.29, 1.82) is 0 Å². The zero-order valence-corrected chi connectivity index (χ0v) is 15.7. The van der Waals surface area contributed by atoms with E-state index < -0.39 is 0 Å². The summed E-state index contributed by atoms with van der Waals surface area (Å²) in [6, 6.07) is 0. The summed E-state index contributed by atoms with van der Waals surface area (Å²) in [5.74, 6) is 0. The van der Waals surface area contributed by atoms with Gasteiger partial charge in [-0.15, -0.1) is 0 Å². The van der Waals surface area contributed by atoms with Gasteiger partial charge in [0.1, 0.15) is 12.6 Å². The van der Waals surface area contributed by atoms with E-state index in [0.29, 0.717) is 6.10 Å². The van der Waals surface area contributed by atoms with E-state index in [1.54, 1.807) is 0 Å². The van der Waals surface area contributed by atoms with Gasteiger partial charge in [0, 0.05) is 0 Å². The Balaban J connectivity index is 2.13. The lowest BCUT2D eigenvalue weighted by Gasteiger charge is -2.34. The van der Waals surface area contributed by atoms with E-state index in [1.807, 2.05) is 0 Å². The second-order valence-electron chi connectivity index (χ2n) is 7.74. The number of rotatable bonds is 16. The molecule has 0 aromatic carbocycles. The van der Waals surface area contributed by atoms with Crippen molar-refractivity contribution < 1.29 is 9.22 Å². The van der Waals surface area contributed by atoms with Crippen LogP contribution in [0.5, 0.6) is 0 Å². The molecule has 0 aliphatic carbocycles. The second kappa shape index (κ2) is 12.4. The summed E-state index contributed by atoms with van der Waals surface area (Å²) in [6.45, 7) is 9.58. The Hall–Kier alpha value is -0.0800. The molecule has 1 atom stereocenters. The fourth-order valence-electron chi connectivity index (χ4n) is 3.51. The lowest BCUT2D eigenvalue weighted by Crippen LogP contribution is -2.48. The first kappa shape index (κ1) is 20.0. The third kappa shape index (κ3) is 10.6. The van der Waals surface area contributed by atoms with Gasteiger partial charge in [0.15, 0.2) is 0 Å². The Morgan fingerprint density at radius 3 is 1.55 bits per heavy atom. The lowest BCUT2D eigenvalue weighted by atomic mass is 10.1. The Morgan fingerprint density at radius 1 is 0.727 bits per heavy atom. The number of likely N-dealkylation sites (N-methyl/N-ethyl adjacent to an activating group) is 1. The van der Waals surface area contributed by atoms with Crippen molar-refractivity contribution in [2.24, 2.45) is 0 Å². The van der Waals surface area contributed by atoms with E-state index in [0.717, 1.165) is 6.61 Å². The maximum absolute atomic E-state index is 5.51. The summed E-state index contributed by atoms with van der Waals surface area (Å²) in [6.07, 6.45) is 17.5. The first-order valence-electron chi connectivity index (χ1n) is 10.2. The summed E-state index contributed by atoms with van der Waals surface area (Å²) >= 11 is 0. The molecule has 132 valence electrons. The number of quaternary nitrogens is 1. The molecular formula is C20H42NO+. The van der Waals surface area contributed by atoms with E-state index in [1.165, 1.54) is 101 Å².